The van der Waals surface area contributed by atoms with E-state index in [-0.39, 0.29) is 0 Å². The Bertz CT molecular complexity index is 417. The minimum absolute atomic E-state index is 0.418. The highest BCUT2D eigenvalue weighted by molar-refractivity contribution is 6.30. The third-order valence-electron chi connectivity index (χ3n) is 4.17. The monoisotopic (exact) mass is 308 g/mol. The van der Waals surface area contributed by atoms with Crippen LogP contribution in [0.2, 0.25) is 5.02 Å². The molecule has 1 unspecified atom stereocenters. The second-order valence-electron chi connectivity index (χ2n) is 6.12. The Morgan fingerprint density at radius 2 is 2.05 bits per heavy atom. The van der Waals surface area contributed by atoms with Gasteiger partial charge >= 0.3 is 0 Å². The maximum absolute atomic E-state index is 6.16. The van der Waals surface area contributed by atoms with Gasteiger partial charge in [0.05, 0.1) is 0 Å². The zero-order valence-corrected chi connectivity index (χ0v) is 14.2. The molecule has 1 atom stereocenters. The van der Waals surface area contributed by atoms with Crippen LogP contribution in [0.3, 0.4) is 0 Å². The van der Waals surface area contributed by atoms with Crippen molar-refractivity contribution < 1.29 is 0 Å². The second kappa shape index (κ2) is 8.77. The quantitative estimate of drug-likeness (QED) is 0.677. The summed E-state index contributed by atoms with van der Waals surface area (Å²) in [6.45, 7) is 7.98. The van der Waals surface area contributed by atoms with Crippen molar-refractivity contribution in [3.05, 3.63) is 34.9 Å². The van der Waals surface area contributed by atoms with E-state index in [4.69, 9.17) is 11.6 Å². The van der Waals surface area contributed by atoms with Crippen LogP contribution in [0.1, 0.15) is 57.6 Å². The van der Waals surface area contributed by atoms with E-state index in [1.54, 1.807) is 0 Å². The van der Waals surface area contributed by atoms with Gasteiger partial charge in [0.1, 0.15) is 0 Å². The maximum atomic E-state index is 6.16. The van der Waals surface area contributed by atoms with Gasteiger partial charge in [-0.05, 0) is 62.9 Å². The lowest BCUT2D eigenvalue weighted by Gasteiger charge is -2.25. The molecule has 0 aromatic heterocycles. The molecule has 1 aliphatic rings. The van der Waals surface area contributed by atoms with Crippen LogP contribution in [-0.4, -0.2) is 30.6 Å². The lowest BCUT2D eigenvalue weighted by Crippen LogP contribution is -2.32. The van der Waals surface area contributed by atoms with Crippen molar-refractivity contribution in [2.75, 3.05) is 19.6 Å². The smallest absolute Gasteiger partial charge is 0.0409 e. The van der Waals surface area contributed by atoms with E-state index in [9.17, 15) is 0 Å². The second-order valence-corrected chi connectivity index (χ2v) is 6.55. The number of halogens is 1. The Hall–Kier alpha value is -0.570. The topological polar surface area (TPSA) is 15.3 Å². The van der Waals surface area contributed by atoms with Gasteiger partial charge in [-0.15, -0.1) is 0 Å². The molecule has 1 aliphatic carbocycles. The Balaban J connectivity index is 1.95. The molecule has 1 N–H and O–H groups in total. The molecular formula is C18H29ClN2. The van der Waals surface area contributed by atoms with Gasteiger partial charge in [-0.2, -0.15) is 0 Å². The van der Waals surface area contributed by atoms with Crippen molar-refractivity contribution in [3.63, 3.8) is 0 Å². The van der Waals surface area contributed by atoms with Gasteiger partial charge in [-0.1, -0.05) is 37.6 Å². The van der Waals surface area contributed by atoms with E-state index in [1.165, 1.54) is 44.3 Å². The highest BCUT2D eigenvalue weighted by atomic mass is 35.5. The van der Waals surface area contributed by atoms with Crippen molar-refractivity contribution in [1.29, 1.82) is 0 Å². The third kappa shape index (κ3) is 5.61. The van der Waals surface area contributed by atoms with Gasteiger partial charge in [0, 0.05) is 23.7 Å². The zero-order chi connectivity index (χ0) is 15.1. The maximum Gasteiger partial charge on any atom is 0.0409 e. The van der Waals surface area contributed by atoms with Crippen LogP contribution in [0.15, 0.2) is 24.3 Å². The van der Waals surface area contributed by atoms with Crippen molar-refractivity contribution in [2.24, 2.45) is 0 Å². The van der Waals surface area contributed by atoms with Gasteiger partial charge in [0.25, 0.3) is 0 Å². The van der Waals surface area contributed by atoms with Crippen LogP contribution >= 0.6 is 11.6 Å². The van der Waals surface area contributed by atoms with E-state index in [0.717, 1.165) is 24.0 Å². The zero-order valence-electron chi connectivity index (χ0n) is 13.4. The molecule has 0 spiro atoms. The van der Waals surface area contributed by atoms with Crippen LogP contribution < -0.4 is 5.32 Å². The molecule has 0 aliphatic heterocycles. The molecule has 0 radical (unpaired) electrons. The van der Waals surface area contributed by atoms with Gasteiger partial charge < -0.3 is 10.2 Å². The Morgan fingerprint density at radius 3 is 2.67 bits per heavy atom. The SMILES string of the molecule is CCCNC(CCN(CCC)C1CC1)c1cccc(Cl)c1. The van der Waals surface area contributed by atoms with Crippen molar-refractivity contribution in [2.45, 2.75) is 58.0 Å². The lowest BCUT2D eigenvalue weighted by atomic mass is 10.0. The molecule has 0 amide bonds. The summed E-state index contributed by atoms with van der Waals surface area (Å²) >= 11 is 6.16. The van der Waals surface area contributed by atoms with E-state index in [1.807, 2.05) is 6.07 Å². The summed E-state index contributed by atoms with van der Waals surface area (Å²) in [5, 5.41) is 4.52. The molecule has 2 nitrogen and oxygen atoms in total. The van der Waals surface area contributed by atoms with E-state index >= 15 is 0 Å². The van der Waals surface area contributed by atoms with Gasteiger partial charge in [0.2, 0.25) is 0 Å². The Kier molecular flexibility index (Phi) is 7.01. The molecule has 21 heavy (non-hydrogen) atoms. The number of benzene rings is 1. The molecule has 3 heteroatoms. The third-order valence-corrected chi connectivity index (χ3v) is 4.41. The van der Waals surface area contributed by atoms with E-state index in [0.29, 0.717) is 6.04 Å². The predicted molar refractivity (Wildman–Crippen MR) is 92.0 cm³/mol. The summed E-state index contributed by atoms with van der Waals surface area (Å²) in [6.07, 6.45) is 6.37. The van der Waals surface area contributed by atoms with Crippen LogP contribution in [-0.2, 0) is 0 Å². The molecule has 2 rings (SSSR count). The first-order chi connectivity index (χ1) is 10.2. The van der Waals surface area contributed by atoms with Gasteiger partial charge in [0.15, 0.2) is 0 Å². The van der Waals surface area contributed by atoms with E-state index < -0.39 is 0 Å². The highest BCUT2D eigenvalue weighted by Crippen LogP contribution is 2.28. The fraction of sp³-hybridized carbons (Fsp3) is 0.667. The average molecular weight is 309 g/mol. The number of hydrogen-bond acceptors (Lipinski definition) is 2. The molecule has 118 valence electrons. The molecule has 1 saturated carbocycles. The van der Waals surface area contributed by atoms with E-state index in [2.05, 4.69) is 42.3 Å². The van der Waals surface area contributed by atoms with Crippen molar-refractivity contribution in [3.8, 4) is 0 Å². The molecule has 0 bridgehead atoms. The lowest BCUT2D eigenvalue weighted by molar-refractivity contribution is 0.247. The largest absolute Gasteiger partial charge is 0.310 e. The summed E-state index contributed by atoms with van der Waals surface area (Å²) < 4.78 is 0. The van der Waals surface area contributed by atoms with Crippen LogP contribution in [0.5, 0.6) is 0 Å². The fourth-order valence-electron chi connectivity index (χ4n) is 2.93. The molecule has 1 aromatic carbocycles. The number of rotatable bonds is 10. The molecule has 0 heterocycles. The summed E-state index contributed by atoms with van der Waals surface area (Å²) in [4.78, 5) is 2.67. The average Bonchev–Trinajstić information content (AvgIpc) is 3.30. The molecule has 1 aromatic rings. The Morgan fingerprint density at radius 1 is 1.24 bits per heavy atom. The summed E-state index contributed by atoms with van der Waals surface area (Å²) in [5.41, 5.74) is 1.32. The van der Waals surface area contributed by atoms with Crippen molar-refractivity contribution in [1.82, 2.24) is 10.2 Å². The first-order valence-electron chi connectivity index (χ1n) is 8.47. The standard InChI is InChI=1S/C18H29ClN2/c1-3-11-20-18(15-6-5-7-16(19)14-15)10-13-21(12-4-2)17-8-9-17/h5-7,14,17-18,20H,3-4,8-13H2,1-2H3. The van der Waals surface area contributed by atoms with Gasteiger partial charge in [-0.3, -0.25) is 0 Å². The Labute approximate surface area is 134 Å². The number of nitrogens with zero attached hydrogens (tertiary/aromatic N) is 1. The summed E-state index contributed by atoms with van der Waals surface area (Å²) in [7, 11) is 0. The molecule has 1 fully saturated rings. The van der Waals surface area contributed by atoms with Crippen LogP contribution in [0.4, 0.5) is 0 Å². The molecular weight excluding hydrogens is 280 g/mol. The molecule has 0 saturated heterocycles. The van der Waals surface area contributed by atoms with Gasteiger partial charge in [-0.25, -0.2) is 0 Å². The van der Waals surface area contributed by atoms with Crippen LogP contribution in [0, 0.1) is 0 Å². The first-order valence-corrected chi connectivity index (χ1v) is 8.85. The predicted octanol–water partition coefficient (Wildman–Crippen LogP) is 4.65. The number of hydrogen-bond donors (Lipinski definition) is 1. The summed E-state index contributed by atoms with van der Waals surface area (Å²) in [5.74, 6) is 0. The minimum atomic E-state index is 0.418. The van der Waals surface area contributed by atoms with Crippen molar-refractivity contribution >= 4 is 11.6 Å². The number of nitrogens with one attached hydrogen (secondary N) is 1. The fourth-order valence-corrected chi connectivity index (χ4v) is 3.13. The highest BCUT2D eigenvalue weighted by Gasteiger charge is 2.28. The first kappa shape index (κ1) is 16.8. The normalized spacial score (nSPS) is 16.4. The minimum Gasteiger partial charge on any atom is -0.310 e. The summed E-state index contributed by atoms with van der Waals surface area (Å²) in [6, 6.07) is 9.59. The van der Waals surface area contributed by atoms with Crippen LogP contribution in [0.25, 0.3) is 0 Å².